The maximum Gasteiger partial charge on any atom is 0.142 e. The molecule has 0 amide bonds. The highest BCUT2D eigenvalue weighted by molar-refractivity contribution is 5.51. The number of benzene rings is 1. The minimum absolute atomic E-state index is 0.666. The van der Waals surface area contributed by atoms with Crippen molar-refractivity contribution in [3.63, 3.8) is 0 Å². The maximum absolute atomic E-state index is 5.76. The number of ether oxygens (including phenoxy) is 1. The largest absolute Gasteiger partial charge is 0.491 e. The second kappa shape index (κ2) is 3.88. The van der Waals surface area contributed by atoms with Gasteiger partial charge >= 0.3 is 0 Å². The van der Waals surface area contributed by atoms with E-state index in [4.69, 9.17) is 10.5 Å². The third kappa shape index (κ3) is 1.99. The molecule has 0 aliphatic carbocycles. The average Bonchev–Trinajstić information content (AvgIpc) is 2.13. The van der Waals surface area contributed by atoms with E-state index in [1.165, 1.54) is 0 Å². The van der Waals surface area contributed by atoms with E-state index in [-0.39, 0.29) is 0 Å². The molecule has 1 aromatic rings. The second-order valence-corrected chi connectivity index (χ2v) is 3.94. The summed E-state index contributed by atoms with van der Waals surface area (Å²) < 4.78 is 5.64. The molecule has 2 N–H and O–H groups in total. The minimum atomic E-state index is 0.666. The Hall–Kier alpha value is -1.22. The highest BCUT2D eigenvalue weighted by atomic mass is 16.5. The third-order valence-corrected chi connectivity index (χ3v) is 2.53. The molecule has 3 nitrogen and oxygen atoms in total. The molecule has 1 aliphatic heterocycles. The van der Waals surface area contributed by atoms with Gasteiger partial charge in [0.25, 0.3) is 0 Å². The Balaban J connectivity index is 1.83. The van der Waals surface area contributed by atoms with Gasteiger partial charge < -0.3 is 15.4 Å². The fraction of sp³-hybridized carbons (Fsp3) is 0.455. The summed E-state index contributed by atoms with van der Waals surface area (Å²) in [7, 11) is 2.12. The Morgan fingerprint density at radius 2 is 2.14 bits per heavy atom. The van der Waals surface area contributed by atoms with Gasteiger partial charge in [-0.1, -0.05) is 12.1 Å². The SMILES string of the molecule is CN1CC(COc2ccccc2N)C1. The van der Waals surface area contributed by atoms with E-state index in [1.807, 2.05) is 24.3 Å². The second-order valence-electron chi connectivity index (χ2n) is 3.94. The van der Waals surface area contributed by atoms with Crippen molar-refractivity contribution in [2.75, 3.05) is 32.5 Å². The Bertz CT molecular complexity index is 308. The average molecular weight is 192 g/mol. The standard InChI is InChI=1S/C11H16N2O/c1-13-6-9(7-13)8-14-11-5-3-2-4-10(11)12/h2-5,9H,6-8,12H2,1H3. The molecule has 0 radical (unpaired) electrons. The molecule has 0 bridgehead atoms. The van der Waals surface area contributed by atoms with Gasteiger partial charge in [0.15, 0.2) is 0 Å². The van der Waals surface area contributed by atoms with Gasteiger partial charge in [-0.3, -0.25) is 0 Å². The van der Waals surface area contributed by atoms with Crippen LogP contribution >= 0.6 is 0 Å². The number of nitrogens with two attached hydrogens (primary N) is 1. The quantitative estimate of drug-likeness (QED) is 0.731. The molecule has 1 aliphatic rings. The lowest BCUT2D eigenvalue weighted by atomic mass is 10.0. The molecule has 14 heavy (non-hydrogen) atoms. The van der Waals surface area contributed by atoms with E-state index < -0.39 is 0 Å². The molecule has 2 rings (SSSR count). The number of likely N-dealkylation sites (tertiary alicyclic amines) is 1. The Labute approximate surface area is 84.5 Å². The van der Waals surface area contributed by atoms with Crippen LogP contribution in [0.5, 0.6) is 5.75 Å². The molecule has 76 valence electrons. The number of hydrogen-bond donors (Lipinski definition) is 1. The molecular formula is C11H16N2O. The molecule has 0 unspecified atom stereocenters. The molecule has 1 fully saturated rings. The van der Waals surface area contributed by atoms with Crippen LogP contribution < -0.4 is 10.5 Å². The van der Waals surface area contributed by atoms with Crippen LogP contribution in [-0.2, 0) is 0 Å². The highest BCUT2D eigenvalue weighted by Crippen LogP contribution is 2.22. The van der Waals surface area contributed by atoms with Crippen molar-refractivity contribution in [3.8, 4) is 5.75 Å². The van der Waals surface area contributed by atoms with Gasteiger partial charge in [-0.15, -0.1) is 0 Å². The molecule has 1 saturated heterocycles. The number of rotatable bonds is 3. The molecule has 0 aromatic heterocycles. The predicted octanol–water partition coefficient (Wildman–Crippen LogP) is 1.21. The molecule has 1 aromatic carbocycles. The van der Waals surface area contributed by atoms with Crippen molar-refractivity contribution in [3.05, 3.63) is 24.3 Å². The monoisotopic (exact) mass is 192 g/mol. The Morgan fingerprint density at radius 3 is 2.79 bits per heavy atom. The van der Waals surface area contributed by atoms with Crippen LogP contribution in [0.25, 0.3) is 0 Å². The topological polar surface area (TPSA) is 38.5 Å². The van der Waals surface area contributed by atoms with Crippen molar-refractivity contribution in [2.24, 2.45) is 5.92 Å². The summed E-state index contributed by atoms with van der Waals surface area (Å²) in [5, 5.41) is 0. The molecule has 1 heterocycles. The Morgan fingerprint density at radius 1 is 1.43 bits per heavy atom. The molecule has 3 heteroatoms. The molecule has 0 saturated carbocycles. The van der Waals surface area contributed by atoms with E-state index >= 15 is 0 Å². The molecule has 0 atom stereocenters. The van der Waals surface area contributed by atoms with Gasteiger partial charge in [-0.2, -0.15) is 0 Å². The minimum Gasteiger partial charge on any atom is -0.491 e. The first-order valence-corrected chi connectivity index (χ1v) is 4.91. The zero-order chi connectivity index (χ0) is 9.97. The van der Waals surface area contributed by atoms with Gasteiger partial charge in [0.1, 0.15) is 5.75 Å². The summed E-state index contributed by atoms with van der Waals surface area (Å²) in [5.41, 5.74) is 6.48. The van der Waals surface area contributed by atoms with Gasteiger partial charge in [-0.25, -0.2) is 0 Å². The fourth-order valence-electron chi connectivity index (χ4n) is 1.75. The third-order valence-electron chi connectivity index (χ3n) is 2.53. The van der Waals surface area contributed by atoms with Crippen LogP contribution in [-0.4, -0.2) is 31.6 Å². The van der Waals surface area contributed by atoms with Crippen LogP contribution in [0.4, 0.5) is 5.69 Å². The maximum atomic E-state index is 5.76. The summed E-state index contributed by atoms with van der Waals surface area (Å²) in [6.45, 7) is 3.04. The lowest BCUT2D eigenvalue weighted by Crippen LogP contribution is -2.46. The summed E-state index contributed by atoms with van der Waals surface area (Å²) in [4.78, 5) is 2.28. The number of nitrogens with zero attached hydrogens (tertiary/aromatic N) is 1. The van der Waals surface area contributed by atoms with Crippen LogP contribution in [0.3, 0.4) is 0 Å². The number of anilines is 1. The zero-order valence-electron chi connectivity index (χ0n) is 8.44. The molecular weight excluding hydrogens is 176 g/mol. The van der Waals surface area contributed by atoms with Crippen LogP contribution in [0.2, 0.25) is 0 Å². The first-order valence-electron chi connectivity index (χ1n) is 4.91. The van der Waals surface area contributed by atoms with E-state index in [0.29, 0.717) is 5.92 Å². The van der Waals surface area contributed by atoms with Gasteiger partial charge in [-0.05, 0) is 19.2 Å². The van der Waals surface area contributed by atoms with Crippen molar-refractivity contribution < 1.29 is 4.74 Å². The number of hydrogen-bond acceptors (Lipinski definition) is 3. The smallest absolute Gasteiger partial charge is 0.142 e. The van der Waals surface area contributed by atoms with Crippen molar-refractivity contribution in [2.45, 2.75) is 0 Å². The first kappa shape index (κ1) is 9.34. The van der Waals surface area contributed by atoms with Crippen LogP contribution in [0.15, 0.2) is 24.3 Å². The van der Waals surface area contributed by atoms with E-state index in [1.54, 1.807) is 0 Å². The number of nitrogen functional groups attached to an aromatic ring is 1. The first-order chi connectivity index (χ1) is 6.75. The normalized spacial score (nSPS) is 17.8. The van der Waals surface area contributed by atoms with Crippen LogP contribution in [0.1, 0.15) is 0 Å². The van der Waals surface area contributed by atoms with E-state index in [9.17, 15) is 0 Å². The van der Waals surface area contributed by atoms with Gasteiger partial charge in [0, 0.05) is 19.0 Å². The predicted molar refractivity (Wildman–Crippen MR) is 57.3 cm³/mol. The van der Waals surface area contributed by atoms with Crippen molar-refractivity contribution in [1.29, 1.82) is 0 Å². The van der Waals surface area contributed by atoms with Crippen LogP contribution in [0, 0.1) is 5.92 Å². The summed E-state index contributed by atoms with van der Waals surface area (Å²) in [5.74, 6) is 1.47. The van der Waals surface area contributed by atoms with Gasteiger partial charge in [0.2, 0.25) is 0 Å². The lowest BCUT2D eigenvalue weighted by Gasteiger charge is -2.35. The van der Waals surface area contributed by atoms with Crippen molar-refractivity contribution in [1.82, 2.24) is 4.90 Å². The number of para-hydroxylation sites is 2. The lowest BCUT2D eigenvalue weighted by molar-refractivity contribution is 0.0861. The summed E-state index contributed by atoms with van der Waals surface area (Å²) in [6.07, 6.45) is 0. The fourth-order valence-corrected chi connectivity index (χ4v) is 1.75. The Kier molecular flexibility index (Phi) is 2.59. The van der Waals surface area contributed by atoms with Gasteiger partial charge in [0.05, 0.1) is 12.3 Å². The summed E-state index contributed by atoms with van der Waals surface area (Å²) >= 11 is 0. The van der Waals surface area contributed by atoms with E-state index in [2.05, 4.69) is 11.9 Å². The van der Waals surface area contributed by atoms with Crippen molar-refractivity contribution >= 4 is 5.69 Å². The molecule has 0 spiro atoms. The zero-order valence-corrected chi connectivity index (χ0v) is 8.44. The summed E-state index contributed by atoms with van der Waals surface area (Å²) in [6, 6.07) is 7.64. The van der Waals surface area contributed by atoms with E-state index in [0.717, 1.165) is 31.1 Å². The highest BCUT2D eigenvalue weighted by Gasteiger charge is 2.23.